The van der Waals surface area contributed by atoms with Crippen LogP contribution < -0.4 is 10.8 Å². The molecule has 0 fully saturated rings. The van der Waals surface area contributed by atoms with Gasteiger partial charge in [-0.15, -0.1) is 0 Å². The smallest absolute Gasteiger partial charge is 0.208 e. The summed E-state index contributed by atoms with van der Waals surface area (Å²) in [5, 5.41) is 11.2. The number of carboxylic acid groups (broad SMARTS) is 1. The van der Waals surface area contributed by atoms with Crippen molar-refractivity contribution < 1.29 is 14.4 Å². The van der Waals surface area contributed by atoms with Crippen molar-refractivity contribution in [2.45, 2.75) is 116 Å². The number of rotatable bonds is 22. The van der Waals surface area contributed by atoms with Crippen molar-refractivity contribution >= 4 is 11.8 Å². The molecule has 1 atom stereocenters. The molecule has 184 valence electrons. The van der Waals surface area contributed by atoms with Crippen molar-refractivity contribution in [2.24, 2.45) is 10.7 Å². The van der Waals surface area contributed by atoms with Crippen LogP contribution in [0.4, 0.5) is 0 Å². The number of aliphatic imine (C=N–C) groups is 1. The Morgan fingerprint density at radius 2 is 1.44 bits per heavy atom. The summed E-state index contributed by atoms with van der Waals surface area (Å²) in [7, 11) is 0. The average Bonchev–Trinajstić information content (AvgIpc) is 3.14. The Hall–Kier alpha value is -1.46. The topological polar surface area (TPSA) is 78.5 Å². The van der Waals surface area contributed by atoms with E-state index in [1.54, 1.807) is 6.20 Å². The molecule has 0 amide bonds. The van der Waals surface area contributed by atoms with E-state index < -0.39 is 5.97 Å². The lowest BCUT2D eigenvalue weighted by atomic mass is 10.0. The number of unbranched alkanes of at least 4 members (excludes halogenated alkanes) is 14. The van der Waals surface area contributed by atoms with Gasteiger partial charge in [0.2, 0.25) is 5.84 Å². The molecule has 0 aliphatic carbocycles. The highest BCUT2D eigenvalue weighted by molar-refractivity contribution is 5.81. The second-order valence-corrected chi connectivity index (χ2v) is 9.31. The zero-order chi connectivity index (χ0) is 23.3. The first kappa shape index (κ1) is 28.6. The fourth-order valence-electron chi connectivity index (χ4n) is 4.53. The first-order valence-electron chi connectivity index (χ1n) is 13.3. The van der Waals surface area contributed by atoms with E-state index in [0.717, 1.165) is 25.1 Å². The van der Waals surface area contributed by atoms with Crippen molar-refractivity contribution in [3.8, 4) is 0 Å². The fourth-order valence-corrected chi connectivity index (χ4v) is 4.53. The quantitative estimate of drug-likeness (QED) is 0.133. The number of hydrogen-bond donors (Lipinski definition) is 1. The molecule has 5 nitrogen and oxygen atoms in total. The van der Waals surface area contributed by atoms with E-state index in [-0.39, 0.29) is 11.0 Å². The Morgan fingerprint density at radius 1 is 0.906 bits per heavy atom. The second kappa shape index (κ2) is 19.0. The lowest BCUT2D eigenvalue weighted by Gasteiger charge is -2.32. The lowest BCUT2D eigenvalue weighted by Crippen LogP contribution is -2.54. The minimum absolute atomic E-state index is 0.0880. The van der Waals surface area contributed by atoms with Crippen LogP contribution in [0.1, 0.15) is 116 Å². The summed E-state index contributed by atoms with van der Waals surface area (Å²) >= 11 is 0. The maximum Gasteiger partial charge on any atom is 0.208 e. The van der Waals surface area contributed by atoms with E-state index in [1.165, 1.54) is 89.9 Å². The number of aliphatic carboxylic acids is 1. The highest BCUT2D eigenvalue weighted by Gasteiger charge is 2.34. The van der Waals surface area contributed by atoms with Crippen LogP contribution in [0.25, 0.3) is 0 Å². The predicted octanol–water partition coefficient (Wildman–Crippen LogP) is 5.60. The number of hydrogen-bond acceptors (Lipinski definition) is 4. The molecule has 0 bridgehead atoms. The van der Waals surface area contributed by atoms with Gasteiger partial charge in [0, 0.05) is 13.0 Å². The van der Waals surface area contributed by atoms with E-state index in [4.69, 9.17) is 5.73 Å². The van der Waals surface area contributed by atoms with Gasteiger partial charge in [0.05, 0.1) is 12.2 Å². The van der Waals surface area contributed by atoms with Crippen LogP contribution in [0.5, 0.6) is 0 Å². The minimum atomic E-state index is -1.06. The van der Waals surface area contributed by atoms with Gasteiger partial charge in [-0.3, -0.25) is 0 Å². The molecule has 0 spiro atoms. The van der Waals surface area contributed by atoms with Crippen molar-refractivity contribution in [1.29, 1.82) is 0 Å². The van der Waals surface area contributed by atoms with Crippen LogP contribution >= 0.6 is 0 Å². The number of nitrogens with zero attached hydrogens (tertiary/aromatic N) is 2. The van der Waals surface area contributed by atoms with Crippen LogP contribution in [0, 0.1) is 0 Å². The summed E-state index contributed by atoms with van der Waals surface area (Å²) in [5.74, 6) is -0.188. The zero-order valence-corrected chi connectivity index (χ0v) is 20.7. The Morgan fingerprint density at radius 3 is 1.97 bits per heavy atom. The molecule has 1 aliphatic rings. The van der Waals surface area contributed by atoms with Crippen molar-refractivity contribution in [1.82, 2.24) is 0 Å². The molecule has 2 N–H and O–H groups in total. The largest absolute Gasteiger partial charge is 0.544 e. The maximum atomic E-state index is 11.2. The van der Waals surface area contributed by atoms with E-state index in [1.807, 2.05) is 6.20 Å². The van der Waals surface area contributed by atoms with E-state index in [9.17, 15) is 9.90 Å². The van der Waals surface area contributed by atoms with Gasteiger partial charge >= 0.3 is 0 Å². The first-order chi connectivity index (χ1) is 15.6. The Labute approximate surface area is 197 Å². The van der Waals surface area contributed by atoms with Crippen LogP contribution in [-0.4, -0.2) is 35.9 Å². The van der Waals surface area contributed by atoms with Crippen LogP contribution in [0.15, 0.2) is 29.5 Å². The van der Waals surface area contributed by atoms with Crippen LogP contribution in [0.3, 0.4) is 0 Å². The van der Waals surface area contributed by atoms with Gasteiger partial charge in [0.25, 0.3) is 0 Å². The molecule has 5 heteroatoms. The molecule has 1 heterocycles. The number of carboxylic acids is 1. The molecular formula is C27H49N3O2. The molecule has 1 unspecified atom stereocenters. The standard InChI is InChI=1S/C27H49N3O2/c1-2-3-4-5-6-7-8-9-10-11-12-13-14-15-16-17-18-19-20-26-29-22-24-30(26,23-21-28)25-27(31)32/h17-18,22,24H,2-16,19-21,23,25,28H2,1H3/b18-17+. The SMILES string of the molecule is CCCCCCCCCCCCCCCC/C=C/CCC1=NC=C[N+]1(CCN)CC(=O)[O-]. The van der Waals surface area contributed by atoms with Gasteiger partial charge in [-0.25, -0.2) is 9.48 Å². The van der Waals surface area contributed by atoms with Gasteiger partial charge < -0.3 is 15.6 Å². The van der Waals surface area contributed by atoms with Crippen LogP contribution in [-0.2, 0) is 4.79 Å². The van der Waals surface area contributed by atoms with E-state index >= 15 is 0 Å². The molecule has 0 aromatic carbocycles. The zero-order valence-electron chi connectivity index (χ0n) is 20.7. The second-order valence-electron chi connectivity index (χ2n) is 9.31. The fraction of sp³-hybridized carbons (Fsp3) is 0.778. The van der Waals surface area contributed by atoms with Gasteiger partial charge in [-0.05, 0) is 19.3 Å². The minimum Gasteiger partial charge on any atom is -0.544 e. The normalized spacial score (nSPS) is 18.0. The van der Waals surface area contributed by atoms with E-state index in [2.05, 4.69) is 24.1 Å². The third-order valence-corrected chi connectivity index (χ3v) is 6.45. The average molecular weight is 448 g/mol. The molecule has 0 saturated carbocycles. The molecule has 0 radical (unpaired) electrons. The number of carbonyl (C=O) groups is 1. The Balaban J connectivity index is 1.97. The lowest BCUT2D eigenvalue weighted by molar-refractivity contribution is -0.780. The highest BCUT2D eigenvalue weighted by atomic mass is 16.4. The Bertz CT molecular complexity index is 571. The molecule has 0 saturated heterocycles. The van der Waals surface area contributed by atoms with Gasteiger partial charge in [0.15, 0.2) is 0 Å². The third-order valence-electron chi connectivity index (χ3n) is 6.45. The summed E-state index contributed by atoms with van der Waals surface area (Å²) in [6, 6.07) is 0. The summed E-state index contributed by atoms with van der Waals surface area (Å²) in [6.45, 7) is 3.16. The summed E-state index contributed by atoms with van der Waals surface area (Å²) in [6.07, 6.45) is 30.2. The summed E-state index contributed by atoms with van der Waals surface area (Å²) < 4.78 is 0.214. The van der Waals surface area contributed by atoms with Gasteiger partial charge in [-0.1, -0.05) is 103 Å². The number of carbonyl (C=O) groups excluding carboxylic acids is 1. The van der Waals surface area contributed by atoms with E-state index in [0.29, 0.717) is 13.1 Å². The summed E-state index contributed by atoms with van der Waals surface area (Å²) in [5.41, 5.74) is 5.70. The van der Waals surface area contributed by atoms with Crippen LogP contribution in [0.2, 0.25) is 0 Å². The molecule has 0 aromatic heterocycles. The van der Waals surface area contributed by atoms with Crippen molar-refractivity contribution in [3.63, 3.8) is 0 Å². The number of amidine groups is 1. The molecule has 1 rings (SSSR count). The number of nitrogens with two attached hydrogens (primary N) is 1. The molecule has 32 heavy (non-hydrogen) atoms. The maximum absolute atomic E-state index is 11.2. The third kappa shape index (κ3) is 13.2. The number of allylic oxidation sites excluding steroid dienone is 2. The predicted molar refractivity (Wildman–Crippen MR) is 134 cm³/mol. The molecular weight excluding hydrogens is 398 g/mol. The number of quaternary nitrogens is 1. The first-order valence-corrected chi connectivity index (χ1v) is 13.3. The monoisotopic (exact) mass is 447 g/mol. The van der Waals surface area contributed by atoms with Crippen molar-refractivity contribution in [2.75, 3.05) is 19.6 Å². The molecule has 1 aliphatic heterocycles. The summed E-state index contributed by atoms with van der Waals surface area (Å²) in [4.78, 5) is 15.6. The van der Waals surface area contributed by atoms with Gasteiger partial charge in [0.1, 0.15) is 19.3 Å². The highest BCUT2D eigenvalue weighted by Crippen LogP contribution is 2.20. The van der Waals surface area contributed by atoms with Crippen molar-refractivity contribution in [3.05, 3.63) is 24.6 Å². The Kier molecular flexibility index (Phi) is 17.0. The van der Waals surface area contributed by atoms with Gasteiger partial charge in [-0.2, -0.15) is 0 Å². The molecule has 0 aromatic rings.